The largest absolute Gasteiger partial charge is 0.444 e. The van der Waals surface area contributed by atoms with Gasteiger partial charge in [0.05, 0.1) is 5.56 Å². The highest BCUT2D eigenvalue weighted by Crippen LogP contribution is 2.31. The van der Waals surface area contributed by atoms with Crippen molar-refractivity contribution in [2.24, 2.45) is 0 Å². The molecule has 1 fully saturated rings. The monoisotopic (exact) mass is 517 g/mol. The van der Waals surface area contributed by atoms with E-state index in [1.807, 2.05) is 6.19 Å². The lowest BCUT2D eigenvalue weighted by Crippen LogP contribution is -2.62. The fourth-order valence-corrected chi connectivity index (χ4v) is 4.02. The summed E-state index contributed by atoms with van der Waals surface area (Å²) in [5, 5.41) is 12.4. The number of alkyl halides is 3. The molecule has 1 saturated heterocycles. The minimum Gasteiger partial charge on any atom is -0.444 e. The number of hydrogen-bond acceptors (Lipinski definition) is 5. The smallest absolute Gasteiger partial charge is 0.416 e. The topological polar surface area (TPSA) is 91.7 Å². The molecule has 0 atom stereocenters. The maximum atomic E-state index is 13.4. The Bertz CT molecular complexity index is 1130. The van der Waals surface area contributed by atoms with Crippen LogP contribution < -0.4 is 5.32 Å². The third kappa shape index (κ3) is 7.46. The zero-order valence-electron chi connectivity index (χ0n) is 21.0. The van der Waals surface area contributed by atoms with E-state index in [9.17, 15) is 28.0 Å². The Labute approximate surface area is 214 Å². The van der Waals surface area contributed by atoms with Gasteiger partial charge in [0.15, 0.2) is 6.19 Å². The normalized spacial score (nSPS) is 15.4. The van der Waals surface area contributed by atoms with Crippen molar-refractivity contribution in [3.05, 3.63) is 59.7 Å². The van der Waals surface area contributed by atoms with Crippen LogP contribution in [-0.2, 0) is 26.9 Å². The van der Waals surface area contributed by atoms with Gasteiger partial charge in [-0.2, -0.15) is 18.4 Å². The summed E-state index contributed by atoms with van der Waals surface area (Å²) >= 11 is 0. The van der Waals surface area contributed by atoms with Crippen LogP contribution >= 0.6 is 0 Å². The second-order valence-electron chi connectivity index (χ2n) is 9.90. The highest BCUT2D eigenvalue weighted by molar-refractivity contribution is 5.91. The number of benzene rings is 2. The summed E-state index contributed by atoms with van der Waals surface area (Å²) in [5.41, 5.74) is -0.539. The van der Waals surface area contributed by atoms with E-state index in [0.717, 1.165) is 28.2 Å². The number of hydrogen-bond donors (Lipinski definition) is 1. The molecule has 2 aromatic carbocycles. The number of carbonyl (C=O) groups is 2. The predicted molar refractivity (Wildman–Crippen MR) is 130 cm³/mol. The molecule has 0 saturated carbocycles. The van der Waals surface area contributed by atoms with Gasteiger partial charge >= 0.3 is 12.3 Å². The number of ether oxygens (including phenoxy) is 2. The second kappa shape index (κ2) is 11.2. The summed E-state index contributed by atoms with van der Waals surface area (Å²) in [6.07, 6.45) is -2.40. The quantitative estimate of drug-likeness (QED) is 0.415. The molecule has 3 rings (SSSR count). The lowest BCUT2D eigenvalue weighted by Gasteiger charge is -2.38. The highest BCUT2D eigenvalue weighted by Gasteiger charge is 2.45. The molecular formula is C27H30F3N3O4. The minimum atomic E-state index is -4.39. The molecule has 0 radical (unpaired) electrons. The van der Waals surface area contributed by atoms with Crippen LogP contribution in [0.15, 0.2) is 48.5 Å². The van der Waals surface area contributed by atoms with E-state index in [2.05, 4.69) is 5.32 Å². The van der Waals surface area contributed by atoms with Crippen LogP contribution in [0.5, 0.6) is 0 Å². The molecule has 2 amide bonds. The second-order valence-corrected chi connectivity index (χ2v) is 9.90. The Balaban J connectivity index is 1.67. The maximum Gasteiger partial charge on any atom is 0.416 e. The van der Waals surface area contributed by atoms with E-state index in [1.165, 1.54) is 12.1 Å². The van der Waals surface area contributed by atoms with Gasteiger partial charge in [-0.3, -0.25) is 4.79 Å². The summed E-state index contributed by atoms with van der Waals surface area (Å²) in [7, 11) is 0. The van der Waals surface area contributed by atoms with Crippen molar-refractivity contribution in [2.45, 2.75) is 57.3 Å². The minimum absolute atomic E-state index is 0.0908. The summed E-state index contributed by atoms with van der Waals surface area (Å²) in [6, 6.07) is 12.1. The summed E-state index contributed by atoms with van der Waals surface area (Å²) in [6.45, 7) is 5.76. The Morgan fingerprint density at radius 2 is 1.57 bits per heavy atom. The van der Waals surface area contributed by atoms with Gasteiger partial charge in [-0.05, 0) is 56.0 Å². The van der Waals surface area contributed by atoms with E-state index >= 15 is 0 Å². The van der Waals surface area contributed by atoms with Gasteiger partial charge in [0.25, 0.3) is 5.91 Å². The van der Waals surface area contributed by atoms with Crippen molar-refractivity contribution in [2.75, 3.05) is 19.8 Å². The molecule has 1 aliphatic heterocycles. The van der Waals surface area contributed by atoms with Crippen molar-refractivity contribution < 1.29 is 32.2 Å². The standard InChI is InChI=1S/C27H30F3N3O4/c1-25(2,3)37-24(35)32-26(13-16-36-17-14-26)23(34)33(18-31)15-12-19-4-6-20(7-5-19)21-8-10-22(11-9-21)27(28,29)30/h4-11H,12-17H2,1-3H3,(H,32,35). The molecule has 1 N–H and O–H groups in total. The molecule has 0 aliphatic carbocycles. The third-order valence-corrected chi connectivity index (χ3v) is 5.99. The number of alkyl carbamates (subject to hydrolysis) is 1. The molecule has 1 aliphatic rings. The molecule has 10 heteroatoms. The van der Waals surface area contributed by atoms with Crippen LogP contribution in [0.3, 0.4) is 0 Å². The Morgan fingerprint density at radius 1 is 1.03 bits per heavy atom. The molecule has 37 heavy (non-hydrogen) atoms. The molecule has 0 bridgehead atoms. The number of nitrogens with zero attached hydrogens (tertiary/aromatic N) is 2. The molecular weight excluding hydrogens is 487 g/mol. The summed E-state index contributed by atoms with van der Waals surface area (Å²) in [5.74, 6) is -0.523. The van der Waals surface area contributed by atoms with Gasteiger partial charge in [0.1, 0.15) is 11.1 Å². The number of nitriles is 1. The van der Waals surface area contributed by atoms with Crippen molar-refractivity contribution >= 4 is 12.0 Å². The molecule has 0 spiro atoms. The van der Waals surface area contributed by atoms with E-state index in [-0.39, 0.29) is 32.6 Å². The van der Waals surface area contributed by atoms with Gasteiger partial charge in [0.2, 0.25) is 0 Å². The maximum absolute atomic E-state index is 13.4. The first-order valence-corrected chi connectivity index (χ1v) is 11.9. The van der Waals surface area contributed by atoms with E-state index in [0.29, 0.717) is 12.0 Å². The van der Waals surface area contributed by atoms with Crippen LogP contribution in [-0.4, -0.2) is 47.8 Å². The predicted octanol–water partition coefficient (Wildman–Crippen LogP) is 5.30. The molecule has 0 unspecified atom stereocenters. The molecule has 198 valence electrons. The fourth-order valence-electron chi connectivity index (χ4n) is 4.02. The van der Waals surface area contributed by atoms with Crippen LogP contribution in [0, 0.1) is 11.5 Å². The first-order valence-electron chi connectivity index (χ1n) is 11.9. The lowest BCUT2D eigenvalue weighted by molar-refractivity contribution is -0.139. The van der Waals surface area contributed by atoms with Gasteiger partial charge < -0.3 is 14.8 Å². The summed E-state index contributed by atoms with van der Waals surface area (Å²) < 4.78 is 49.1. The zero-order valence-corrected chi connectivity index (χ0v) is 21.0. The van der Waals surface area contributed by atoms with Crippen LogP contribution in [0.2, 0.25) is 0 Å². The van der Waals surface area contributed by atoms with Crippen molar-refractivity contribution in [3.8, 4) is 17.3 Å². The number of rotatable bonds is 6. The number of carbonyl (C=O) groups excluding carboxylic acids is 2. The fraction of sp³-hybridized carbons (Fsp3) is 0.444. The molecule has 2 aromatic rings. The first-order chi connectivity index (χ1) is 17.3. The average molecular weight is 518 g/mol. The van der Waals surface area contributed by atoms with Crippen molar-refractivity contribution in [1.82, 2.24) is 10.2 Å². The Hall–Kier alpha value is -3.58. The lowest BCUT2D eigenvalue weighted by atomic mass is 9.88. The number of amides is 2. The third-order valence-electron chi connectivity index (χ3n) is 5.99. The Morgan fingerprint density at radius 3 is 2.05 bits per heavy atom. The van der Waals surface area contributed by atoms with Crippen LogP contribution in [0.1, 0.15) is 44.7 Å². The molecule has 7 nitrogen and oxygen atoms in total. The van der Waals surface area contributed by atoms with Crippen molar-refractivity contribution in [3.63, 3.8) is 0 Å². The molecule has 0 aromatic heterocycles. The summed E-state index contributed by atoms with van der Waals surface area (Å²) in [4.78, 5) is 26.9. The van der Waals surface area contributed by atoms with Crippen molar-refractivity contribution in [1.29, 1.82) is 5.26 Å². The average Bonchev–Trinajstić information content (AvgIpc) is 2.83. The van der Waals surface area contributed by atoms with Crippen LogP contribution in [0.25, 0.3) is 11.1 Å². The zero-order chi connectivity index (χ0) is 27.3. The van der Waals surface area contributed by atoms with Gasteiger partial charge in [-0.15, -0.1) is 0 Å². The van der Waals surface area contributed by atoms with E-state index < -0.39 is 34.9 Å². The molecule has 1 heterocycles. The first kappa shape index (κ1) is 28.0. The Kier molecular flexibility index (Phi) is 8.49. The van der Waals surface area contributed by atoms with Gasteiger partial charge in [-0.25, -0.2) is 9.69 Å². The number of halogens is 3. The van der Waals surface area contributed by atoms with Gasteiger partial charge in [0, 0.05) is 32.6 Å². The van der Waals surface area contributed by atoms with Crippen LogP contribution in [0.4, 0.5) is 18.0 Å². The van der Waals surface area contributed by atoms with E-state index in [4.69, 9.17) is 9.47 Å². The van der Waals surface area contributed by atoms with Gasteiger partial charge in [-0.1, -0.05) is 36.4 Å². The van der Waals surface area contributed by atoms with E-state index in [1.54, 1.807) is 45.0 Å². The SMILES string of the molecule is CC(C)(C)OC(=O)NC1(C(=O)N(C#N)CCc2ccc(-c3ccc(C(F)(F)F)cc3)cc2)CCOCC1. The number of nitrogens with one attached hydrogen (secondary N) is 1. The highest BCUT2D eigenvalue weighted by atomic mass is 19.4.